The maximum absolute atomic E-state index is 11.8. The largest absolute Gasteiger partial charge is 0.383 e. The third-order valence-electron chi connectivity index (χ3n) is 2.43. The molecule has 0 bridgehead atoms. The first-order valence-corrected chi connectivity index (χ1v) is 5.71. The summed E-state index contributed by atoms with van der Waals surface area (Å²) >= 11 is 0. The first-order chi connectivity index (χ1) is 9.19. The molecule has 0 aromatic carbocycles. The fraction of sp³-hybridized carbons (Fsp3) is 0.250. The number of H-pyrrole nitrogens is 1. The number of pyridine rings is 1. The number of nitrogens with one attached hydrogen (secondary N) is 2. The van der Waals surface area contributed by atoms with Crippen molar-refractivity contribution in [3.05, 3.63) is 46.6 Å². The van der Waals surface area contributed by atoms with Crippen molar-refractivity contribution in [2.75, 3.05) is 19.0 Å². The highest BCUT2D eigenvalue weighted by Gasteiger charge is 2.08. The Morgan fingerprint density at radius 2 is 2.37 bits per heavy atom. The third kappa shape index (κ3) is 3.52. The van der Waals surface area contributed by atoms with Gasteiger partial charge in [-0.2, -0.15) is 5.10 Å². The summed E-state index contributed by atoms with van der Waals surface area (Å²) < 4.78 is 6.59. The van der Waals surface area contributed by atoms with Crippen LogP contribution in [0.1, 0.15) is 10.5 Å². The summed E-state index contributed by atoms with van der Waals surface area (Å²) in [6.07, 6.45) is 3.23. The standard InChI is InChI=1S/C12H14N4O3/c1-19-6-5-16-8-9(7-13-16)14-12(18)10-3-2-4-11(17)15-10/h2-4,7-8H,5-6H2,1H3,(H,14,18)(H,15,17). The number of aromatic amines is 1. The van der Waals surface area contributed by atoms with Gasteiger partial charge in [0.2, 0.25) is 5.56 Å². The first-order valence-electron chi connectivity index (χ1n) is 5.71. The van der Waals surface area contributed by atoms with Gasteiger partial charge < -0.3 is 15.0 Å². The number of aromatic nitrogens is 3. The van der Waals surface area contributed by atoms with Gasteiger partial charge in [-0.1, -0.05) is 6.07 Å². The molecule has 2 rings (SSSR count). The second-order valence-corrected chi connectivity index (χ2v) is 3.87. The second kappa shape index (κ2) is 5.96. The Balaban J connectivity index is 2.02. The number of methoxy groups -OCH3 is 1. The number of hydrogen-bond acceptors (Lipinski definition) is 4. The highest BCUT2D eigenvalue weighted by molar-refractivity contribution is 6.02. The summed E-state index contributed by atoms with van der Waals surface area (Å²) in [5.41, 5.74) is 0.450. The van der Waals surface area contributed by atoms with Crippen molar-refractivity contribution in [3.63, 3.8) is 0 Å². The highest BCUT2D eigenvalue weighted by atomic mass is 16.5. The van der Waals surface area contributed by atoms with E-state index in [1.807, 2.05) is 0 Å². The van der Waals surface area contributed by atoms with E-state index in [1.165, 1.54) is 24.4 Å². The van der Waals surface area contributed by atoms with Gasteiger partial charge in [0.1, 0.15) is 5.69 Å². The number of nitrogens with zero attached hydrogens (tertiary/aromatic N) is 2. The Morgan fingerprint density at radius 3 is 3.11 bits per heavy atom. The molecule has 1 amide bonds. The molecule has 0 saturated heterocycles. The number of carbonyl (C=O) groups excluding carboxylic acids is 1. The van der Waals surface area contributed by atoms with Crippen LogP contribution in [0.25, 0.3) is 0 Å². The van der Waals surface area contributed by atoms with E-state index in [9.17, 15) is 9.59 Å². The summed E-state index contributed by atoms with van der Waals surface area (Å²) in [7, 11) is 1.61. The van der Waals surface area contributed by atoms with Gasteiger partial charge in [-0.05, 0) is 6.07 Å². The van der Waals surface area contributed by atoms with E-state index in [1.54, 1.807) is 18.0 Å². The summed E-state index contributed by atoms with van der Waals surface area (Å²) in [6.45, 7) is 1.15. The van der Waals surface area contributed by atoms with E-state index >= 15 is 0 Å². The maximum atomic E-state index is 11.8. The molecule has 2 heterocycles. The van der Waals surface area contributed by atoms with E-state index in [0.717, 1.165) is 0 Å². The fourth-order valence-electron chi connectivity index (χ4n) is 1.51. The van der Waals surface area contributed by atoms with Gasteiger partial charge in [0.25, 0.3) is 5.91 Å². The Hall–Kier alpha value is -2.41. The van der Waals surface area contributed by atoms with Crippen LogP contribution in [-0.2, 0) is 11.3 Å². The van der Waals surface area contributed by atoms with Crippen molar-refractivity contribution in [2.24, 2.45) is 0 Å². The molecule has 0 atom stereocenters. The van der Waals surface area contributed by atoms with Gasteiger partial charge in [-0.25, -0.2) is 0 Å². The topological polar surface area (TPSA) is 89.0 Å². The van der Waals surface area contributed by atoms with Crippen molar-refractivity contribution in [3.8, 4) is 0 Å². The van der Waals surface area contributed by atoms with Crippen molar-refractivity contribution < 1.29 is 9.53 Å². The first kappa shape index (κ1) is 13.0. The third-order valence-corrected chi connectivity index (χ3v) is 2.43. The normalized spacial score (nSPS) is 10.4. The molecule has 0 saturated carbocycles. The Bertz CT molecular complexity index is 617. The van der Waals surface area contributed by atoms with E-state index in [-0.39, 0.29) is 17.2 Å². The van der Waals surface area contributed by atoms with Crippen molar-refractivity contribution in [1.29, 1.82) is 0 Å². The van der Waals surface area contributed by atoms with Crippen LogP contribution in [0, 0.1) is 0 Å². The lowest BCUT2D eigenvalue weighted by Crippen LogP contribution is -2.17. The maximum Gasteiger partial charge on any atom is 0.272 e. The Kier molecular flexibility index (Phi) is 4.09. The zero-order chi connectivity index (χ0) is 13.7. The van der Waals surface area contributed by atoms with Gasteiger partial charge >= 0.3 is 0 Å². The number of ether oxygens (including phenoxy) is 1. The van der Waals surface area contributed by atoms with Crippen LogP contribution in [-0.4, -0.2) is 34.4 Å². The highest BCUT2D eigenvalue weighted by Crippen LogP contribution is 2.06. The van der Waals surface area contributed by atoms with Gasteiger partial charge in [0.05, 0.1) is 25.0 Å². The monoisotopic (exact) mass is 262 g/mol. The molecule has 0 aliphatic carbocycles. The molecule has 0 unspecified atom stereocenters. The average Bonchev–Trinajstić information content (AvgIpc) is 2.84. The molecule has 2 N–H and O–H groups in total. The SMILES string of the molecule is COCCn1cc(NC(=O)c2cccc(=O)[nH]2)cn1. The Morgan fingerprint density at radius 1 is 1.53 bits per heavy atom. The zero-order valence-electron chi connectivity index (χ0n) is 10.4. The van der Waals surface area contributed by atoms with E-state index < -0.39 is 0 Å². The number of carbonyl (C=O) groups is 1. The van der Waals surface area contributed by atoms with E-state index in [2.05, 4.69) is 15.4 Å². The van der Waals surface area contributed by atoms with Gasteiger partial charge in [-0.3, -0.25) is 14.3 Å². The average molecular weight is 262 g/mol. The molecule has 100 valence electrons. The summed E-state index contributed by atoms with van der Waals surface area (Å²) in [5, 5.41) is 6.72. The van der Waals surface area contributed by atoms with Crippen LogP contribution in [0.3, 0.4) is 0 Å². The minimum Gasteiger partial charge on any atom is -0.383 e. The molecule has 19 heavy (non-hydrogen) atoms. The zero-order valence-corrected chi connectivity index (χ0v) is 10.4. The molecule has 2 aromatic heterocycles. The van der Waals surface area contributed by atoms with Crippen molar-refractivity contribution in [2.45, 2.75) is 6.54 Å². The molecular formula is C12H14N4O3. The van der Waals surface area contributed by atoms with Gasteiger partial charge in [0, 0.05) is 19.4 Å². The lowest BCUT2D eigenvalue weighted by atomic mass is 10.3. The van der Waals surface area contributed by atoms with Crippen LogP contribution >= 0.6 is 0 Å². The smallest absolute Gasteiger partial charge is 0.272 e. The van der Waals surface area contributed by atoms with Crippen LogP contribution in [0.4, 0.5) is 5.69 Å². The molecule has 7 heteroatoms. The molecule has 0 aliphatic heterocycles. The van der Waals surface area contributed by atoms with Crippen LogP contribution in [0.2, 0.25) is 0 Å². The lowest BCUT2D eigenvalue weighted by Gasteiger charge is -2.01. The van der Waals surface area contributed by atoms with Crippen molar-refractivity contribution in [1.82, 2.24) is 14.8 Å². The number of amides is 1. The molecule has 0 radical (unpaired) electrons. The summed E-state index contributed by atoms with van der Waals surface area (Å²) in [4.78, 5) is 25.4. The molecule has 2 aromatic rings. The molecule has 0 fully saturated rings. The Labute approximate surface area is 109 Å². The summed E-state index contributed by atoms with van der Waals surface area (Å²) in [6, 6.07) is 4.40. The van der Waals surface area contributed by atoms with Crippen molar-refractivity contribution >= 4 is 11.6 Å². The second-order valence-electron chi connectivity index (χ2n) is 3.87. The predicted octanol–water partition coefficient (Wildman–Crippen LogP) is 0.470. The van der Waals surface area contributed by atoms with Gasteiger partial charge in [-0.15, -0.1) is 0 Å². The predicted molar refractivity (Wildman–Crippen MR) is 69.1 cm³/mol. The summed E-state index contributed by atoms with van der Waals surface area (Å²) in [5.74, 6) is -0.385. The lowest BCUT2D eigenvalue weighted by molar-refractivity contribution is 0.102. The van der Waals surface area contributed by atoms with Crippen LogP contribution in [0.15, 0.2) is 35.4 Å². The van der Waals surface area contributed by atoms with Crippen LogP contribution in [0.5, 0.6) is 0 Å². The van der Waals surface area contributed by atoms with Gasteiger partial charge in [0.15, 0.2) is 0 Å². The number of rotatable bonds is 5. The minimum atomic E-state index is -0.385. The fourth-order valence-corrected chi connectivity index (χ4v) is 1.51. The molecule has 0 aliphatic rings. The van der Waals surface area contributed by atoms with Crippen LogP contribution < -0.4 is 10.9 Å². The van der Waals surface area contributed by atoms with E-state index in [0.29, 0.717) is 18.8 Å². The van der Waals surface area contributed by atoms with E-state index in [4.69, 9.17) is 4.74 Å². The molecular weight excluding hydrogens is 248 g/mol. The number of hydrogen-bond donors (Lipinski definition) is 2. The quantitative estimate of drug-likeness (QED) is 0.819. The minimum absolute atomic E-state index is 0.206. The number of anilines is 1. The molecule has 7 nitrogen and oxygen atoms in total. The molecule has 0 spiro atoms.